The molecule has 4 rings (SSSR count). The Hall–Kier alpha value is -5.50. The van der Waals surface area contributed by atoms with E-state index in [9.17, 15) is 18.4 Å². The molecule has 3 N–H and O–H groups in total. The fourth-order valence-electron chi connectivity index (χ4n) is 3.46. The molecule has 2 aromatic heterocycles. The molecule has 0 radical (unpaired) electrons. The van der Waals surface area contributed by atoms with Crippen LogP contribution < -0.4 is 20.7 Å². The number of pyridine rings is 1. The van der Waals surface area contributed by atoms with E-state index in [2.05, 4.69) is 44.3 Å². The van der Waals surface area contributed by atoms with Gasteiger partial charge in [-0.05, 0) is 42.0 Å². The zero-order valence-electron chi connectivity index (χ0n) is 21.2. The first-order chi connectivity index (χ1) is 19.4. The number of imidazole rings is 1. The summed E-state index contributed by atoms with van der Waals surface area (Å²) in [4.78, 5) is 32.5. The number of carbonyl (C=O) groups excluding carboxylic acids is 2. The van der Waals surface area contributed by atoms with Crippen LogP contribution in [0.4, 0.5) is 25.1 Å². The van der Waals surface area contributed by atoms with E-state index >= 15 is 0 Å². The Bertz CT molecular complexity index is 1570. The maximum Gasteiger partial charge on any atom is 0.325 e. The van der Waals surface area contributed by atoms with Gasteiger partial charge in [-0.25, -0.2) is 23.5 Å². The van der Waals surface area contributed by atoms with Gasteiger partial charge < -0.3 is 19.9 Å². The maximum atomic E-state index is 14.7. The number of nitrogens with zero attached hydrogens (tertiary/aromatic N) is 3. The standard InChI is InChI=1S/C29H24F2N6O3/c1-2-27-34-14-16-37(27)15-4-3-12-32-26-19-23(11-13-33-26)40-25-10-9-22(18-24(25)31)35-29(39)36-28(38)17-20-5-7-21(30)8-6-20/h2,5-11,13-14,16,18-19H,1,12,15,17H2,(H,32,33)(H2,35,36,38,39). The summed E-state index contributed by atoms with van der Waals surface area (Å²) in [6.45, 7) is 4.50. The highest BCUT2D eigenvalue weighted by Crippen LogP contribution is 2.27. The first-order valence-corrected chi connectivity index (χ1v) is 12.0. The molecule has 0 aliphatic heterocycles. The van der Waals surface area contributed by atoms with Gasteiger partial charge in [0.1, 0.15) is 23.2 Å². The van der Waals surface area contributed by atoms with Crippen LogP contribution in [0.2, 0.25) is 0 Å². The molecular formula is C29H24F2N6O3. The number of benzene rings is 2. The minimum atomic E-state index is -0.834. The van der Waals surface area contributed by atoms with Crippen LogP contribution in [0, 0.1) is 23.5 Å². The number of amides is 3. The molecular weight excluding hydrogens is 518 g/mol. The van der Waals surface area contributed by atoms with E-state index in [4.69, 9.17) is 4.74 Å². The van der Waals surface area contributed by atoms with Crippen molar-refractivity contribution in [3.8, 4) is 23.3 Å². The van der Waals surface area contributed by atoms with Crippen molar-refractivity contribution in [1.82, 2.24) is 19.9 Å². The highest BCUT2D eigenvalue weighted by atomic mass is 19.1. The second-order valence-electron chi connectivity index (χ2n) is 8.25. The third-order valence-corrected chi connectivity index (χ3v) is 5.34. The van der Waals surface area contributed by atoms with E-state index in [1.54, 1.807) is 24.4 Å². The molecule has 0 saturated carbocycles. The van der Waals surface area contributed by atoms with Crippen LogP contribution in [0.3, 0.4) is 0 Å². The Morgan fingerprint density at radius 2 is 1.85 bits per heavy atom. The van der Waals surface area contributed by atoms with Gasteiger partial charge in [0.15, 0.2) is 11.6 Å². The third-order valence-electron chi connectivity index (χ3n) is 5.34. The largest absolute Gasteiger partial charge is 0.454 e. The number of carbonyl (C=O) groups is 2. The molecule has 2 aromatic carbocycles. The van der Waals surface area contributed by atoms with Gasteiger partial charge in [0.2, 0.25) is 5.91 Å². The highest BCUT2D eigenvalue weighted by molar-refractivity contribution is 6.01. The molecule has 4 aromatic rings. The lowest BCUT2D eigenvalue weighted by Crippen LogP contribution is -2.35. The monoisotopic (exact) mass is 542 g/mol. The number of ether oxygens (including phenoxy) is 1. The van der Waals surface area contributed by atoms with Crippen molar-refractivity contribution in [2.75, 3.05) is 17.2 Å². The zero-order valence-corrected chi connectivity index (χ0v) is 21.2. The van der Waals surface area contributed by atoms with Crippen LogP contribution in [-0.2, 0) is 17.8 Å². The minimum absolute atomic E-state index is 0.0753. The zero-order chi connectivity index (χ0) is 28.3. The number of aromatic nitrogens is 3. The fraction of sp³-hybridized carbons (Fsp3) is 0.103. The van der Waals surface area contributed by atoms with Crippen molar-refractivity contribution in [2.45, 2.75) is 13.0 Å². The molecule has 0 atom stereocenters. The summed E-state index contributed by atoms with van der Waals surface area (Å²) in [7, 11) is 0. The Morgan fingerprint density at radius 1 is 1.02 bits per heavy atom. The van der Waals surface area contributed by atoms with Crippen molar-refractivity contribution in [3.63, 3.8) is 0 Å². The lowest BCUT2D eigenvalue weighted by Gasteiger charge is -2.11. The number of hydrogen-bond acceptors (Lipinski definition) is 6. The van der Waals surface area contributed by atoms with E-state index in [1.165, 1.54) is 42.6 Å². The molecule has 2 heterocycles. The normalized spacial score (nSPS) is 10.2. The van der Waals surface area contributed by atoms with Crippen molar-refractivity contribution in [1.29, 1.82) is 0 Å². The Labute approximate surface area is 228 Å². The van der Waals surface area contributed by atoms with Gasteiger partial charge in [0, 0.05) is 36.4 Å². The molecule has 202 valence electrons. The van der Waals surface area contributed by atoms with Gasteiger partial charge in [-0.1, -0.05) is 30.6 Å². The topological polar surface area (TPSA) is 110 Å². The molecule has 0 spiro atoms. The molecule has 3 amide bonds. The number of hydrogen-bond donors (Lipinski definition) is 3. The number of anilines is 2. The Morgan fingerprint density at radius 3 is 2.62 bits per heavy atom. The van der Waals surface area contributed by atoms with Gasteiger partial charge in [-0.2, -0.15) is 0 Å². The van der Waals surface area contributed by atoms with Gasteiger partial charge >= 0.3 is 6.03 Å². The van der Waals surface area contributed by atoms with E-state index in [1.807, 2.05) is 10.8 Å². The summed E-state index contributed by atoms with van der Waals surface area (Å²) in [6.07, 6.45) is 6.54. The number of nitrogens with one attached hydrogen (secondary N) is 3. The molecule has 0 saturated heterocycles. The summed E-state index contributed by atoms with van der Waals surface area (Å²) in [5, 5.41) is 7.58. The molecule has 0 bridgehead atoms. The predicted molar refractivity (Wildman–Crippen MR) is 147 cm³/mol. The summed E-state index contributed by atoms with van der Waals surface area (Å²) in [5.74, 6) is 5.74. The molecule has 0 aliphatic carbocycles. The van der Waals surface area contributed by atoms with Crippen LogP contribution in [0.1, 0.15) is 11.4 Å². The summed E-state index contributed by atoms with van der Waals surface area (Å²) in [5.41, 5.74) is 0.651. The van der Waals surface area contributed by atoms with Gasteiger partial charge in [-0.3, -0.25) is 10.1 Å². The lowest BCUT2D eigenvalue weighted by molar-refractivity contribution is -0.119. The van der Waals surface area contributed by atoms with Crippen molar-refractivity contribution >= 4 is 29.5 Å². The van der Waals surface area contributed by atoms with E-state index < -0.39 is 23.6 Å². The van der Waals surface area contributed by atoms with E-state index in [-0.39, 0.29) is 17.9 Å². The van der Waals surface area contributed by atoms with E-state index in [0.29, 0.717) is 30.2 Å². The molecule has 9 nitrogen and oxygen atoms in total. The van der Waals surface area contributed by atoms with Gasteiger partial charge in [0.25, 0.3) is 0 Å². The quantitative estimate of drug-likeness (QED) is 0.257. The van der Waals surface area contributed by atoms with Crippen LogP contribution in [-0.4, -0.2) is 33.0 Å². The smallest absolute Gasteiger partial charge is 0.325 e. The summed E-state index contributed by atoms with van der Waals surface area (Å²) >= 11 is 0. The molecule has 40 heavy (non-hydrogen) atoms. The second-order valence-corrected chi connectivity index (χ2v) is 8.25. The third kappa shape index (κ3) is 8.00. The number of urea groups is 1. The van der Waals surface area contributed by atoms with Crippen LogP contribution >= 0.6 is 0 Å². The number of rotatable bonds is 9. The maximum absolute atomic E-state index is 14.7. The fourth-order valence-corrected chi connectivity index (χ4v) is 3.46. The predicted octanol–water partition coefficient (Wildman–Crippen LogP) is 5.00. The van der Waals surface area contributed by atoms with Gasteiger partial charge in [-0.15, -0.1) is 0 Å². The Kier molecular flexibility index (Phi) is 9.18. The molecule has 0 aliphatic rings. The number of imide groups is 1. The van der Waals surface area contributed by atoms with E-state index in [0.717, 1.165) is 11.9 Å². The lowest BCUT2D eigenvalue weighted by atomic mass is 10.1. The Balaban J connectivity index is 1.27. The molecule has 11 heteroatoms. The SMILES string of the molecule is C=Cc1nccn1CC#CCNc1cc(Oc2ccc(NC(=O)NC(=O)Cc3ccc(F)cc3)cc2F)ccn1. The van der Waals surface area contributed by atoms with Crippen molar-refractivity contribution in [3.05, 3.63) is 103 Å². The van der Waals surface area contributed by atoms with Crippen LogP contribution in [0.15, 0.2) is 79.8 Å². The van der Waals surface area contributed by atoms with Crippen molar-refractivity contribution < 1.29 is 23.1 Å². The average Bonchev–Trinajstić information content (AvgIpc) is 3.39. The first-order valence-electron chi connectivity index (χ1n) is 12.0. The van der Waals surface area contributed by atoms with Gasteiger partial charge in [0.05, 0.1) is 19.5 Å². The molecule has 0 fully saturated rings. The minimum Gasteiger partial charge on any atom is -0.454 e. The highest BCUT2D eigenvalue weighted by Gasteiger charge is 2.12. The van der Waals surface area contributed by atoms with Crippen molar-refractivity contribution in [2.24, 2.45) is 0 Å². The molecule has 0 unspecified atom stereocenters. The summed E-state index contributed by atoms with van der Waals surface area (Å²) < 4.78 is 35.2. The number of halogens is 2. The first kappa shape index (κ1) is 27.5. The van der Waals surface area contributed by atoms with Crippen LogP contribution in [0.5, 0.6) is 11.5 Å². The second kappa shape index (κ2) is 13.3. The summed E-state index contributed by atoms with van der Waals surface area (Å²) in [6, 6.07) is 11.5. The average molecular weight is 543 g/mol. The van der Waals surface area contributed by atoms with Crippen LogP contribution in [0.25, 0.3) is 6.08 Å².